The van der Waals surface area contributed by atoms with Gasteiger partial charge >= 0.3 is 0 Å². The van der Waals surface area contributed by atoms with Gasteiger partial charge in [0.15, 0.2) is 5.82 Å². The van der Waals surface area contributed by atoms with Crippen LogP contribution in [0.1, 0.15) is 17.0 Å². The lowest BCUT2D eigenvalue weighted by atomic mass is 10.3. The molecule has 0 saturated carbocycles. The van der Waals surface area contributed by atoms with Crippen molar-refractivity contribution >= 4 is 0 Å². The molecule has 0 radical (unpaired) electrons. The molecular formula is C9H10N4O. The van der Waals surface area contributed by atoms with Gasteiger partial charge in [-0.3, -0.25) is 0 Å². The lowest BCUT2D eigenvalue weighted by Crippen LogP contribution is -2.05. The van der Waals surface area contributed by atoms with E-state index in [9.17, 15) is 0 Å². The summed E-state index contributed by atoms with van der Waals surface area (Å²) in [4.78, 5) is 0. The van der Waals surface area contributed by atoms with Crippen LogP contribution in [0.15, 0.2) is 16.8 Å². The Morgan fingerprint density at radius 1 is 1.50 bits per heavy atom. The van der Waals surface area contributed by atoms with Crippen LogP contribution in [-0.2, 0) is 13.1 Å². The molecule has 14 heavy (non-hydrogen) atoms. The molecule has 1 aliphatic rings. The maximum Gasteiger partial charge on any atom is 0.196 e. The molecule has 2 aromatic rings. The van der Waals surface area contributed by atoms with Gasteiger partial charge in [0, 0.05) is 30.9 Å². The lowest BCUT2D eigenvalue weighted by Gasteiger charge is -1.93. The second-order valence-electron chi connectivity index (χ2n) is 3.44. The van der Waals surface area contributed by atoms with Crippen molar-refractivity contribution in [2.75, 3.05) is 0 Å². The van der Waals surface area contributed by atoms with Crippen molar-refractivity contribution in [1.82, 2.24) is 20.3 Å². The quantitative estimate of drug-likeness (QED) is 0.721. The topological polar surface area (TPSA) is 55.9 Å². The second-order valence-corrected chi connectivity index (χ2v) is 3.44. The van der Waals surface area contributed by atoms with Crippen LogP contribution in [0.25, 0.3) is 5.82 Å². The van der Waals surface area contributed by atoms with Gasteiger partial charge < -0.3 is 9.84 Å². The van der Waals surface area contributed by atoms with Crippen molar-refractivity contribution in [3.8, 4) is 5.82 Å². The van der Waals surface area contributed by atoms with Crippen LogP contribution in [0, 0.1) is 6.92 Å². The molecule has 3 rings (SSSR count). The third-order valence-electron chi connectivity index (χ3n) is 2.34. The average Bonchev–Trinajstić information content (AvgIpc) is 2.75. The molecular weight excluding hydrogens is 180 g/mol. The Hall–Kier alpha value is -1.62. The van der Waals surface area contributed by atoms with E-state index in [4.69, 9.17) is 4.52 Å². The summed E-state index contributed by atoms with van der Waals surface area (Å²) >= 11 is 0. The van der Waals surface area contributed by atoms with Crippen molar-refractivity contribution in [3.63, 3.8) is 0 Å². The van der Waals surface area contributed by atoms with E-state index in [0.717, 1.165) is 30.4 Å². The number of aromatic nitrogens is 3. The number of nitrogens with zero attached hydrogens (tertiary/aromatic N) is 3. The molecule has 0 saturated heterocycles. The highest BCUT2D eigenvalue weighted by atomic mass is 16.5. The molecule has 0 aliphatic carbocycles. The van der Waals surface area contributed by atoms with Crippen molar-refractivity contribution in [2.45, 2.75) is 20.0 Å². The van der Waals surface area contributed by atoms with E-state index in [0.29, 0.717) is 0 Å². The second kappa shape index (κ2) is 2.68. The predicted octanol–water partition coefficient (Wildman–Crippen LogP) is 0.772. The fourth-order valence-electron chi connectivity index (χ4n) is 1.64. The molecule has 5 heteroatoms. The Labute approximate surface area is 80.7 Å². The maximum absolute atomic E-state index is 4.99. The smallest absolute Gasteiger partial charge is 0.196 e. The third-order valence-corrected chi connectivity index (χ3v) is 2.34. The van der Waals surface area contributed by atoms with Crippen LogP contribution in [0.3, 0.4) is 0 Å². The molecule has 1 aliphatic heterocycles. The summed E-state index contributed by atoms with van der Waals surface area (Å²) in [5, 5.41) is 11.5. The summed E-state index contributed by atoms with van der Waals surface area (Å²) in [7, 11) is 0. The van der Waals surface area contributed by atoms with Crippen LogP contribution < -0.4 is 5.32 Å². The van der Waals surface area contributed by atoms with Gasteiger partial charge in [0.05, 0.1) is 5.69 Å². The van der Waals surface area contributed by atoms with Crippen molar-refractivity contribution in [3.05, 3.63) is 29.3 Å². The molecule has 2 aromatic heterocycles. The Morgan fingerprint density at radius 2 is 2.43 bits per heavy atom. The third kappa shape index (κ3) is 1.06. The zero-order valence-electron chi connectivity index (χ0n) is 7.82. The first-order valence-electron chi connectivity index (χ1n) is 4.55. The summed E-state index contributed by atoms with van der Waals surface area (Å²) in [6.45, 7) is 3.61. The fourth-order valence-corrected chi connectivity index (χ4v) is 1.64. The van der Waals surface area contributed by atoms with Crippen LogP contribution in [0.2, 0.25) is 0 Å². The maximum atomic E-state index is 4.99. The largest absolute Gasteiger partial charge is 0.359 e. The SMILES string of the molecule is Cc1cc(-n2cc3c(n2)CNC3)no1. The molecule has 3 heterocycles. The Bertz CT molecular complexity index is 449. The van der Waals surface area contributed by atoms with Gasteiger partial charge in [-0.1, -0.05) is 5.16 Å². The Kier molecular flexibility index (Phi) is 1.49. The van der Waals surface area contributed by atoms with E-state index in [2.05, 4.69) is 15.6 Å². The first-order valence-corrected chi connectivity index (χ1v) is 4.55. The number of aryl methyl sites for hydroxylation is 1. The Balaban J connectivity index is 2.05. The molecule has 0 atom stereocenters. The van der Waals surface area contributed by atoms with Gasteiger partial charge in [0.1, 0.15) is 5.76 Å². The molecule has 5 nitrogen and oxygen atoms in total. The van der Waals surface area contributed by atoms with Crippen molar-refractivity contribution in [2.24, 2.45) is 0 Å². The van der Waals surface area contributed by atoms with Gasteiger partial charge in [0.25, 0.3) is 0 Å². The summed E-state index contributed by atoms with van der Waals surface area (Å²) in [6.07, 6.45) is 1.99. The molecule has 72 valence electrons. The first kappa shape index (κ1) is 7.75. The summed E-state index contributed by atoms with van der Waals surface area (Å²) in [5.74, 6) is 1.55. The van der Waals surface area contributed by atoms with E-state index in [-0.39, 0.29) is 0 Å². The van der Waals surface area contributed by atoms with Gasteiger partial charge in [-0.05, 0) is 6.92 Å². The highest BCUT2D eigenvalue weighted by Crippen LogP contribution is 2.16. The van der Waals surface area contributed by atoms with Crippen LogP contribution in [0.5, 0.6) is 0 Å². The predicted molar refractivity (Wildman–Crippen MR) is 48.9 cm³/mol. The number of nitrogens with one attached hydrogen (secondary N) is 1. The monoisotopic (exact) mass is 190 g/mol. The molecule has 0 fully saturated rings. The van der Waals surface area contributed by atoms with Gasteiger partial charge in [0.2, 0.25) is 0 Å². The van der Waals surface area contributed by atoms with Gasteiger partial charge in [-0.15, -0.1) is 0 Å². The van der Waals surface area contributed by atoms with Crippen LogP contribution in [-0.4, -0.2) is 14.9 Å². The molecule has 0 unspecified atom stereocenters. The van der Waals surface area contributed by atoms with E-state index >= 15 is 0 Å². The van der Waals surface area contributed by atoms with Crippen LogP contribution >= 0.6 is 0 Å². The summed E-state index contributed by atoms with van der Waals surface area (Å²) in [5.41, 5.74) is 2.34. The van der Waals surface area contributed by atoms with Crippen molar-refractivity contribution < 1.29 is 4.52 Å². The number of hydrogen-bond donors (Lipinski definition) is 1. The van der Waals surface area contributed by atoms with E-state index in [1.807, 2.05) is 19.2 Å². The molecule has 0 aromatic carbocycles. The minimum absolute atomic E-state index is 0.747. The highest BCUT2D eigenvalue weighted by molar-refractivity contribution is 5.28. The zero-order chi connectivity index (χ0) is 9.54. The molecule has 0 amide bonds. The van der Waals surface area contributed by atoms with Crippen LogP contribution in [0.4, 0.5) is 0 Å². The summed E-state index contributed by atoms with van der Waals surface area (Å²) < 4.78 is 6.76. The number of hydrogen-bond acceptors (Lipinski definition) is 4. The van der Waals surface area contributed by atoms with E-state index in [1.165, 1.54) is 5.56 Å². The average molecular weight is 190 g/mol. The minimum Gasteiger partial charge on any atom is -0.359 e. The summed E-state index contributed by atoms with van der Waals surface area (Å²) in [6, 6.07) is 1.87. The fraction of sp³-hybridized carbons (Fsp3) is 0.333. The highest BCUT2D eigenvalue weighted by Gasteiger charge is 2.16. The first-order chi connectivity index (χ1) is 6.83. The zero-order valence-corrected chi connectivity index (χ0v) is 7.82. The lowest BCUT2D eigenvalue weighted by molar-refractivity contribution is 0.393. The van der Waals surface area contributed by atoms with Gasteiger partial charge in [-0.25, -0.2) is 4.68 Å². The number of rotatable bonds is 1. The molecule has 0 spiro atoms. The number of fused-ring (bicyclic) bond motifs is 1. The van der Waals surface area contributed by atoms with E-state index < -0.39 is 0 Å². The minimum atomic E-state index is 0.747. The Morgan fingerprint density at radius 3 is 3.14 bits per heavy atom. The standard InChI is InChI=1S/C9H10N4O/c1-6-2-9(12-14-6)13-5-7-3-10-4-8(7)11-13/h2,5,10H,3-4H2,1H3. The van der Waals surface area contributed by atoms with E-state index in [1.54, 1.807) is 4.68 Å². The normalized spacial score (nSPS) is 14.6. The van der Waals surface area contributed by atoms with Crippen molar-refractivity contribution in [1.29, 1.82) is 0 Å². The van der Waals surface area contributed by atoms with Gasteiger partial charge in [-0.2, -0.15) is 5.10 Å². The molecule has 1 N–H and O–H groups in total. The molecule has 0 bridgehead atoms.